The van der Waals surface area contributed by atoms with Gasteiger partial charge >= 0.3 is 0 Å². The number of carbonyl (C=O) groups excluding carboxylic acids is 1. The third-order valence-electron chi connectivity index (χ3n) is 3.75. The molecule has 0 radical (unpaired) electrons. The summed E-state index contributed by atoms with van der Waals surface area (Å²) in [5.41, 5.74) is 0.772. The number of hydrogen-bond donors (Lipinski definition) is 1. The van der Waals surface area contributed by atoms with Crippen LogP contribution in [0.4, 0.5) is 0 Å². The molecule has 1 amide bonds. The van der Waals surface area contributed by atoms with Crippen molar-refractivity contribution in [3.05, 3.63) is 64.5 Å². The van der Waals surface area contributed by atoms with Gasteiger partial charge in [-0.2, -0.15) is 4.98 Å². The number of aromatic nitrogens is 2. The summed E-state index contributed by atoms with van der Waals surface area (Å²) in [5, 5.41) is 7.72. The SMILES string of the molecule is CC[C@@H](Oc1ccccc1Cl)C(=O)NCc1nc(-c2ccc(Cl)cc2)no1. The second-order valence-corrected chi connectivity index (χ2v) is 6.53. The highest BCUT2D eigenvalue weighted by Gasteiger charge is 2.20. The molecule has 0 unspecified atom stereocenters. The monoisotopic (exact) mass is 405 g/mol. The van der Waals surface area contributed by atoms with Crippen molar-refractivity contribution in [1.29, 1.82) is 0 Å². The number of rotatable bonds is 7. The van der Waals surface area contributed by atoms with Gasteiger partial charge in [0, 0.05) is 10.6 Å². The van der Waals surface area contributed by atoms with E-state index in [1.165, 1.54) is 0 Å². The summed E-state index contributed by atoms with van der Waals surface area (Å²) in [6, 6.07) is 14.1. The van der Waals surface area contributed by atoms with Crippen LogP contribution < -0.4 is 10.1 Å². The van der Waals surface area contributed by atoms with Crippen molar-refractivity contribution in [2.24, 2.45) is 0 Å². The van der Waals surface area contributed by atoms with Gasteiger partial charge in [-0.3, -0.25) is 4.79 Å². The van der Waals surface area contributed by atoms with Gasteiger partial charge in [0.1, 0.15) is 5.75 Å². The van der Waals surface area contributed by atoms with Gasteiger partial charge in [0.25, 0.3) is 5.91 Å². The van der Waals surface area contributed by atoms with E-state index in [0.29, 0.717) is 33.9 Å². The highest BCUT2D eigenvalue weighted by Crippen LogP contribution is 2.25. The lowest BCUT2D eigenvalue weighted by molar-refractivity contribution is -0.128. The van der Waals surface area contributed by atoms with Crippen LogP contribution in [0.2, 0.25) is 10.0 Å². The molecule has 0 fully saturated rings. The Labute approximate surface area is 166 Å². The van der Waals surface area contributed by atoms with E-state index in [1.54, 1.807) is 48.5 Å². The molecule has 6 nitrogen and oxygen atoms in total. The number of halogens is 2. The Morgan fingerprint density at radius 1 is 1.19 bits per heavy atom. The normalized spacial score (nSPS) is 11.8. The number of benzene rings is 2. The summed E-state index contributed by atoms with van der Waals surface area (Å²) < 4.78 is 10.9. The first-order valence-corrected chi connectivity index (χ1v) is 9.10. The minimum atomic E-state index is -0.677. The van der Waals surface area contributed by atoms with Crippen LogP contribution in [-0.2, 0) is 11.3 Å². The van der Waals surface area contributed by atoms with Crippen molar-refractivity contribution in [2.75, 3.05) is 0 Å². The van der Waals surface area contributed by atoms with Crippen molar-refractivity contribution < 1.29 is 14.1 Å². The van der Waals surface area contributed by atoms with Gasteiger partial charge in [-0.05, 0) is 42.8 Å². The number of nitrogens with zero attached hydrogens (tertiary/aromatic N) is 2. The van der Waals surface area contributed by atoms with Crippen molar-refractivity contribution in [1.82, 2.24) is 15.5 Å². The molecule has 27 heavy (non-hydrogen) atoms. The van der Waals surface area contributed by atoms with Gasteiger partial charge in [-0.1, -0.05) is 47.4 Å². The topological polar surface area (TPSA) is 77.2 Å². The van der Waals surface area contributed by atoms with Gasteiger partial charge in [-0.15, -0.1) is 0 Å². The zero-order valence-corrected chi connectivity index (χ0v) is 16.0. The molecule has 2 aromatic carbocycles. The van der Waals surface area contributed by atoms with Crippen molar-refractivity contribution in [3.63, 3.8) is 0 Å². The first-order chi connectivity index (χ1) is 13.1. The Hall–Kier alpha value is -2.57. The van der Waals surface area contributed by atoms with Gasteiger partial charge in [0.15, 0.2) is 6.10 Å². The molecule has 0 saturated carbocycles. The zero-order chi connectivity index (χ0) is 19.2. The molecule has 1 N–H and O–H groups in total. The highest BCUT2D eigenvalue weighted by atomic mass is 35.5. The third-order valence-corrected chi connectivity index (χ3v) is 4.32. The first kappa shape index (κ1) is 19.2. The minimum Gasteiger partial charge on any atom is -0.479 e. The summed E-state index contributed by atoms with van der Waals surface area (Å²) in [6.45, 7) is 1.95. The number of ether oxygens (including phenoxy) is 1. The lowest BCUT2D eigenvalue weighted by Crippen LogP contribution is -2.37. The molecular weight excluding hydrogens is 389 g/mol. The number of nitrogens with one attached hydrogen (secondary N) is 1. The summed E-state index contributed by atoms with van der Waals surface area (Å²) in [7, 11) is 0. The maximum absolute atomic E-state index is 12.4. The molecule has 0 aliphatic carbocycles. The molecule has 0 aliphatic rings. The summed E-state index contributed by atoms with van der Waals surface area (Å²) in [6.07, 6.45) is -0.194. The van der Waals surface area contributed by atoms with Crippen molar-refractivity contribution in [2.45, 2.75) is 26.0 Å². The van der Waals surface area contributed by atoms with Crippen molar-refractivity contribution >= 4 is 29.1 Å². The third kappa shape index (κ3) is 4.99. The molecule has 3 rings (SSSR count). The standard InChI is InChI=1S/C19H17Cl2N3O3/c1-2-15(26-16-6-4-3-5-14(16)21)19(25)22-11-17-23-18(24-27-17)12-7-9-13(20)10-8-12/h3-10,15H,2,11H2,1H3,(H,22,25)/t15-/m1/s1. The molecule has 0 saturated heterocycles. The zero-order valence-electron chi connectivity index (χ0n) is 14.5. The Balaban J connectivity index is 1.59. The van der Waals surface area contributed by atoms with E-state index >= 15 is 0 Å². The van der Waals surface area contributed by atoms with E-state index in [2.05, 4.69) is 15.5 Å². The minimum absolute atomic E-state index is 0.0990. The number of para-hydroxylation sites is 1. The largest absolute Gasteiger partial charge is 0.479 e. The van der Waals surface area contributed by atoms with Crippen LogP contribution >= 0.6 is 23.2 Å². The van der Waals surface area contributed by atoms with Gasteiger partial charge in [0.2, 0.25) is 11.7 Å². The molecule has 8 heteroatoms. The lowest BCUT2D eigenvalue weighted by atomic mass is 10.2. The van der Waals surface area contributed by atoms with Crippen LogP contribution in [0.25, 0.3) is 11.4 Å². The van der Waals surface area contributed by atoms with E-state index < -0.39 is 6.10 Å². The van der Waals surface area contributed by atoms with E-state index in [4.69, 9.17) is 32.5 Å². The molecule has 3 aromatic rings. The van der Waals surface area contributed by atoms with Gasteiger partial charge < -0.3 is 14.6 Å². The molecule has 0 bridgehead atoms. The smallest absolute Gasteiger partial charge is 0.261 e. The lowest BCUT2D eigenvalue weighted by Gasteiger charge is -2.17. The molecule has 0 spiro atoms. The average Bonchev–Trinajstić information content (AvgIpc) is 3.15. The van der Waals surface area contributed by atoms with Gasteiger partial charge in [0.05, 0.1) is 11.6 Å². The first-order valence-electron chi connectivity index (χ1n) is 8.34. The van der Waals surface area contributed by atoms with E-state index in [1.807, 2.05) is 6.92 Å². The predicted molar refractivity (Wildman–Crippen MR) is 103 cm³/mol. The number of hydrogen-bond acceptors (Lipinski definition) is 5. The number of amides is 1. The quantitative estimate of drug-likeness (QED) is 0.625. The Bertz CT molecular complexity index is 913. The van der Waals surface area contributed by atoms with Crippen LogP contribution in [-0.4, -0.2) is 22.2 Å². The van der Waals surface area contributed by atoms with Crippen LogP contribution in [0.15, 0.2) is 53.1 Å². The molecule has 1 aromatic heterocycles. The second kappa shape index (κ2) is 8.88. The fourth-order valence-electron chi connectivity index (χ4n) is 2.34. The molecule has 1 heterocycles. The molecule has 1 atom stereocenters. The fourth-order valence-corrected chi connectivity index (χ4v) is 2.64. The maximum atomic E-state index is 12.4. The average molecular weight is 406 g/mol. The van der Waals surface area contributed by atoms with Crippen LogP contribution in [0.5, 0.6) is 5.75 Å². The van der Waals surface area contributed by atoms with Crippen LogP contribution in [0.3, 0.4) is 0 Å². The Morgan fingerprint density at radius 2 is 1.93 bits per heavy atom. The van der Waals surface area contributed by atoms with Crippen molar-refractivity contribution in [3.8, 4) is 17.1 Å². The Kier molecular flexibility index (Phi) is 6.32. The highest BCUT2D eigenvalue weighted by molar-refractivity contribution is 6.32. The number of carbonyl (C=O) groups is 1. The van der Waals surface area contributed by atoms with Crippen LogP contribution in [0, 0.1) is 0 Å². The maximum Gasteiger partial charge on any atom is 0.261 e. The van der Waals surface area contributed by atoms with Gasteiger partial charge in [-0.25, -0.2) is 0 Å². The van der Waals surface area contributed by atoms with E-state index in [0.717, 1.165) is 5.56 Å². The Morgan fingerprint density at radius 3 is 2.63 bits per heavy atom. The summed E-state index contributed by atoms with van der Waals surface area (Å²) >= 11 is 11.9. The van der Waals surface area contributed by atoms with E-state index in [-0.39, 0.29) is 12.5 Å². The molecular formula is C19H17Cl2N3O3. The fraction of sp³-hybridized carbons (Fsp3) is 0.211. The second-order valence-electron chi connectivity index (χ2n) is 5.68. The van der Waals surface area contributed by atoms with E-state index in [9.17, 15) is 4.79 Å². The summed E-state index contributed by atoms with van der Waals surface area (Å²) in [5.74, 6) is 0.892. The predicted octanol–water partition coefficient (Wildman–Crippen LogP) is 4.52. The molecule has 0 aliphatic heterocycles. The van der Waals surface area contributed by atoms with Crippen LogP contribution in [0.1, 0.15) is 19.2 Å². The molecule has 140 valence electrons. The summed E-state index contributed by atoms with van der Waals surface area (Å²) in [4.78, 5) is 16.7.